The third-order valence-electron chi connectivity index (χ3n) is 11.9. The Hall–Kier alpha value is -7.78. The van der Waals surface area contributed by atoms with Gasteiger partial charge in [-0.2, -0.15) is 26.3 Å². The van der Waals surface area contributed by atoms with E-state index in [0.717, 1.165) is 26.4 Å². The minimum atomic E-state index is -4.91. The number of nitrogens with one attached hydrogen (secondary N) is 2. The molecule has 0 saturated carbocycles. The Morgan fingerprint density at radius 1 is 0.538 bits per heavy atom. The molecule has 2 amide bonds. The fraction of sp³-hybridized carbons (Fsp3) is 0.148. The Bertz CT molecular complexity index is 3380. The second-order valence-corrected chi connectivity index (χ2v) is 18.4. The summed E-state index contributed by atoms with van der Waals surface area (Å²) in [5.74, 6) is -7.32. The molecule has 0 spiro atoms. The molecule has 0 fully saturated rings. The Morgan fingerprint density at radius 3 is 1.19 bits per heavy atom. The molecule has 404 valence electrons. The summed E-state index contributed by atoms with van der Waals surface area (Å²) in [5, 5.41) is 24.9. The molecule has 6 aromatic carbocycles. The van der Waals surface area contributed by atoms with Crippen LogP contribution in [0.25, 0.3) is 44.1 Å². The number of fused-ring (bicyclic) bond motifs is 2. The number of amides is 2. The zero-order chi connectivity index (χ0) is 57.0. The summed E-state index contributed by atoms with van der Waals surface area (Å²) in [5.41, 5.74) is -2.38. The number of alkyl halides is 6. The number of aliphatic carboxylic acids is 2. The van der Waals surface area contributed by atoms with Gasteiger partial charge in [0, 0.05) is 59.3 Å². The lowest BCUT2D eigenvalue weighted by Crippen LogP contribution is -2.42. The maximum Gasteiger partial charge on any atom is 0.417 e. The van der Waals surface area contributed by atoms with Crippen LogP contribution in [0.1, 0.15) is 43.0 Å². The highest BCUT2D eigenvalue weighted by molar-refractivity contribution is 6.40. The lowest BCUT2D eigenvalue weighted by molar-refractivity contribution is -0.140. The number of hydrogen-bond acceptors (Lipinski definition) is 8. The van der Waals surface area contributed by atoms with Gasteiger partial charge in [-0.3, -0.25) is 19.6 Å². The lowest BCUT2D eigenvalue weighted by Gasteiger charge is -2.20. The molecule has 2 aromatic heterocycles. The number of carbonyl (C=O) groups is 4. The van der Waals surface area contributed by atoms with E-state index in [1.54, 1.807) is 0 Å². The molecular formula is C54H36Cl4F8N4O8. The molecule has 0 unspecified atom stereocenters. The van der Waals surface area contributed by atoms with E-state index in [9.17, 15) is 64.5 Å². The quantitative estimate of drug-likeness (QED) is 0.0766. The van der Waals surface area contributed by atoms with Gasteiger partial charge in [-0.25, -0.2) is 18.4 Å². The van der Waals surface area contributed by atoms with Gasteiger partial charge in [0.15, 0.2) is 0 Å². The average Bonchev–Trinajstić information content (AvgIpc) is 3.37. The number of halogens is 12. The number of pyridine rings is 2. The second-order valence-electron chi connectivity index (χ2n) is 16.7. The third kappa shape index (κ3) is 12.6. The number of hydrogen-bond donors (Lipinski definition) is 4. The average molecular weight is 1160 g/mol. The highest BCUT2D eigenvalue weighted by atomic mass is 35.5. The van der Waals surface area contributed by atoms with Crippen molar-refractivity contribution in [1.29, 1.82) is 0 Å². The first-order valence-corrected chi connectivity index (χ1v) is 23.9. The van der Waals surface area contributed by atoms with E-state index in [-0.39, 0.29) is 88.5 Å². The topological polar surface area (TPSA) is 177 Å². The van der Waals surface area contributed by atoms with Gasteiger partial charge in [0.25, 0.3) is 11.8 Å². The molecular weight excluding hydrogens is 1130 g/mol. The van der Waals surface area contributed by atoms with E-state index in [1.807, 2.05) is 0 Å². The van der Waals surface area contributed by atoms with Gasteiger partial charge < -0.3 is 30.3 Å². The monoisotopic (exact) mass is 1160 g/mol. The van der Waals surface area contributed by atoms with Gasteiger partial charge in [-0.05, 0) is 70.8 Å². The SMILES string of the molecule is COc1cc(F)cc(C(F)(F)F)c1-c1ccc(C[C@H](NC(=O)c2c(Cl)cccc2Cl)C(=O)O)c2ncccc12.COc1cc(F)cc(C(F)(F)F)c1-c1ccc(C[C@H](NC(=O)c2c(Cl)cccc2Cl)C(=O)O)c2ncccc12. The maximum atomic E-state index is 14.0. The molecule has 12 nitrogen and oxygen atoms in total. The highest BCUT2D eigenvalue weighted by Crippen LogP contribution is 2.47. The number of carboxylic acids is 2. The first-order valence-electron chi connectivity index (χ1n) is 22.4. The zero-order valence-corrected chi connectivity index (χ0v) is 42.9. The summed E-state index contributed by atoms with van der Waals surface area (Å²) in [6.07, 6.45) is -7.58. The number of benzene rings is 6. The number of nitrogens with zero attached hydrogens (tertiary/aromatic N) is 2. The fourth-order valence-corrected chi connectivity index (χ4v) is 9.58. The number of ether oxygens (including phenoxy) is 2. The van der Waals surface area contributed by atoms with E-state index in [2.05, 4.69) is 20.6 Å². The van der Waals surface area contributed by atoms with Gasteiger partial charge in [0.2, 0.25) is 0 Å². The van der Waals surface area contributed by atoms with Crippen LogP contribution in [-0.4, -0.2) is 70.2 Å². The first-order chi connectivity index (χ1) is 36.8. The lowest BCUT2D eigenvalue weighted by atomic mass is 9.91. The first kappa shape index (κ1) is 57.9. The van der Waals surface area contributed by atoms with Crippen molar-refractivity contribution >= 4 is 92.0 Å². The normalized spacial score (nSPS) is 12.3. The van der Waals surface area contributed by atoms with Crippen molar-refractivity contribution in [1.82, 2.24) is 20.6 Å². The molecule has 0 aliphatic heterocycles. The number of carbonyl (C=O) groups excluding carboxylic acids is 2. The number of aromatic nitrogens is 2. The van der Waals surface area contributed by atoms with Crippen molar-refractivity contribution in [2.45, 2.75) is 37.3 Å². The molecule has 2 atom stereocenters. The summed E-state index contributed by atoms with van der Waals surface area (Å²) in [6, 6.07) is 19.7. The number of carboxylic acid groups (broad SMARTS) is 2. The van der Waals surface area contributed by atoms with Gasteiger partial charge in [-0.1, -0.05) is 94.9 Å². The van der Waals surface area contributed by atoms with Crippen molar-refractivity contribution in [3.8, 4) is 33.8 Å². The van der Waals surface area contributed by atoms with Crippen molar-refractivity contribution in [2.75, 3.05) is 14.2 Å². The Balaban J connectivity index is 0.000000226. The molecule has 4 N–H and O–H groups in total. The Morgan fingerprint density at radius 2 is 0.885 bits per heavy atom. The van der Waals surface area contributed by atoms with Crippen LogP contribution in [0.5, 0.6) is 11.5 Å². The van der Waals surface area contributed by atoms with Crippen LogP contribution in [0.3, 0.4) is 0 Å². The minimum Gasteiger partial charge on any atom is -0.496 e. The smallest absolute Gasteiger partial charge is 0.417 e. The summed E-state index contributed by atoms with van der Waals surface area (Å²) in [7, 11) is 2.25. The molecule has 78 heavy (non-hydrogen) atoms. The Labute approximate surface area is 456 Å². The van der Waals surface area contributed by atoms with Gasteiger partial charge in [0.05, 0.1) is 67.6 Å². The molecule has 2 heterocycles. The Kier molecular flexibility index (Phi) is 17.7. The summed E-state index contributed by atoms with van der Waals surface area (Å²) < 4.78 is 122. The molecule has 8 aromatic rings. The third-order valence-corrected chi connectivity index (χ3v) is 13.1. The molecule has 0 radical (unpaired) electrons. The zero-order valence-electron chi connectivity index (χ0n) is 39.9. The van der Waals surface area contributed by atoms with E-state index in [0.29, 0.717) is 23.3 Å². The highest BCUT2D eigenvalue weighted by Gasteiger charge is 2.38. The van der Waals surface area contributed by atoms with Gasteiger partial charge in [0.1, 0.15) is 35.2 Å². The molecule has 0 aliphatic rings. The minimum absolute atomic E-state index is 0.0225. The van der Waals surface area contributed by atoms with Crippen LogP contribution in [0.4, 0.5) is 35.1 Å². The summed E-state index contributed by atoms with van der Waals surface area (Å²) in [4.78, 5) is 58.3. The molecule has 0 aliphatic carbocycles. The molecule has 0 bridgehead atoms. The van der Waals surface area contributed by atoms with Gasteiger partial charge in [-0.15, -0.1) is 0 Å². The van der Waals surface area contributed by atoms with Crippen LogP contribution < -0.4 is 20.1 Å². The van der Waals surface area contributed by atoms with Crippen LogP contribution in [0.15, 0.2) is 122 Å². The predicted molar refractivity (Wildman–Crippen MR) is 275 cm³/mol. The van der Waals surface area contributed by atoms with Crippen molar-refractivity contribution in [3.63, 3.8) is 0 Å². The van der Waals surface area contributed by atoms with E-state index in [4.69, 9.17) is 55.9 Å². The maximum absolute atomic E-state index is 14.0. The van der Waals surface area contributed by atoms with Crippen LogP contribution in [-0.2, 0) is 34.8 Å². The van der Waals surface area contributed by atoms with Crippen LogP contribution in [0, 0.1) is 11.6 Å². The summed E-state index contributed by atoms with van der Waals surface area (Å²) in [6.45, 7) is 0. The summed E-state index contributed by atoms with van der Waals surface area (Å²) >= 11 is 24.3. The van der Waals surface area contributed by atoms with Crippen LogP contribution >= 0.6 is 46.4 Å². The van der Waals surface area contributed by atoms with E-state index < -0.39 is 82.1 Å². The fourth-order valence-electron chi connectivity index (χ4n) is 8.45. The van der Waals surface area contributed by atoms with E-state index in [1.165, 1.54) is 97.3 Å². The number of rotatable bonds is 14. The van der Waals surface area contributed by atoms with Gasteiger partial charge >= 0.3 is 24.3 Å². The molecule has 8 rings (SSSR count). The van der Waals surface area contributed by atoms with Crippen molar-refractivity contribution in [3.05, 3.63) is 187 Å². The largest absolute Gasteiger partial charge is 0.496 e. The van der Waals surface area contributed by atoms with E-state index >= 15 is 0 Å². The molecule has 0 saturated heterocycles. The molecule has 24 heteroatoms. The number of methoxy groups -OCH3 is 2. The van der Waals surface area contributed by atoms with Crippen LogP contribution in [0.2, 0.25) is 20.1 Å². The predicted octanol–water partition coefficient (Wildman–Crippen LogP) is 13.6. The standard InChI is InChI=1S/2C27H18Cl2F4N2O4/c2*1-39-21-12-14(30)11-17(27(31,32)33)22(21)15-8-7-13(24-16(15)4-3-9-34-24)10-20(26(37)38)35-25(36)23-18(28)5-2-6-19(23)29/h2*2-9,11-12,20H,10H2,1H3,(H,35,36)(H,37,38)/t2*20-/m00/s1. The van der Waals surface area contributed by atoms with Crippen molar-refractivity contribution in [2.24, 2.45) is 0 Å². The van der Waals surface area contributed by atoms with Crippen molar-refractivity contribution < 1.29 is 74.0 Å². The second kappa shape index (κ2) is 23.9.